The minimum Gasteiger partial charge on any atom is -0.463 e. The molecule has 1 aliphatic rings. The molecule has 0 radical (unpaired) electrons. The van der Waals surface area contributed by atoms with Crippen LogP contribution in [0, 0.1) is 17.3 Å². The highest BCUT2D eigenvalue weighted by molar-refractivity contribution is 5.71. The number of ether oxygens (including phenoxy) is 2. The lowest BCUT2D eigenvalue weighted by molar-refractivity contribution is -0.153. The molecule has 1 rings (SSSR count). The van der Waals surface area contributed by atoms with Crippen molar-refractivity contribution >= 4 is 5.97 Å². The minimum atomic E-state index is -0.146. The lowest BCUT2D eigenvalue weighted by atomic mass is 9.71. The smallest absolute Gasteiger partial charge is 0.308 e. The minimum absolute atomic E-state index is 0.0299. The van der Waals surface area contributed by atoms with Crippen LogP contribution in [0.3, 0.4) is 0 Å². The van der Waals surface area contributed by atoms with Crippen molar-refractivity contribution in [2.24, 2.45) is 17.3 Å². The van der Waals surface area contributed by atoms with Crippen LogP contribution in [0.5, 0.6) is 0 Å². The van der Waals surface area contributed by atoms with E-state index in [9.17, 15) is 4.79 Å². The fraction of sp³-hybridized carbons (Fsp3) is 0.941. The summed E-state index contributed by atoms with van der Waals surface area (Å²) in [6, 6.07) is 0. The maximum atomic E-state index is 11.4. The predicted molar refractivity (Wildman–Crippen MR) is 81.5 cm³/mol. The van der Waals surface area contributed by atoms with Crippen LogP contribution < -0.4 is 0 Å². The maximum Gasteiger partial charge on any atom is 0.308 e. The number of hydrogen-bond donors (Lipinski definition) is 0. The zero-order valence-electron chi connectivity index (χ0n) is 14.1. The lowest BCUT2D eigenvalue weighted by Gasteiger charge is -2.38. The average Bonchev–Trinajstić information content (AvgIpc) is 2.34. The molecular formula is C17H32O3. The third kappa shape index (κ3) is 5.82. The zero-order valence-corrected chi connectivity index (χ0v) is 14.1. The molecule has 3 unspecified atom stereocenters. The number of carbonyl (C=O) groups is 1. The summed E-state index contributed by atoms with van der Waals surface area (Å²) in [5.41, 5.74) is 0.438. The predicted octanol–water partition coefficient (Wildman–Crippen LogP) is 4.20. The summed E-state index contributed by atoms with van der Waals surface area (Å²) in [4.78, 5) is 11.4. The van der Waals surface area contributed by atoms with E-state index >= 15 is 0 Å². The van der Waals surface area contributed by atoms with E-state index in [0.29, 0.717) is 17.9 Å². The number of hydrogen-bond acceptors (Lipinski definition) is 3. The van der Waals surface area contributed by atoms with E-state index < -0.39 is 0 Å². The average molecular weight is 284 g/mol. The molecule has 20 heavy (non-hydrogen) atoms. The summed E-state index contributed by atoms with van der Waals surface area (Å²) < 4.78 is 11.3. The van der Waals surface area contributed by atoms with Crippen molar-refractivity contribution in [2.45, 2.75) is 79.4 Å². The van der Waals surface area contributed by atoms with Gasteiger partial charge in [-0.05, 0) is 44.4 Å². The van der Waals surface area contributed by atoms with Gasteiger partial charge in [0.2, 0.25) is 0 Å². The Kier molecular flexibility index (Phi) is 6.50. The first-order valence-electron chi connectivity index (χ1n) is 8.03. The van der Waals surface area contributed by atoms with E-state index in [0.717, 1.165) is 0 Å². The maximum absolute atomic E-state index is 11.4. The fourth-order valence-electron chi connectivity index (χ4n) is 3.04. The standard InChI is InChI=1S/C17H32O3/c1-12(2)16(18)19-11-13(3)20-14(4)15-8-7-9-17(5,6)10-15/h12-15H,7-11H2,1-6H3. The summed E-state index contributed by atoms with van der Waals surface area (Å²) in [5, 5.41) is 0. The van der Waals surface area contributed by atoms with Gasteiger partial charge in [0.15, 0.2) is 0 Å². The van der Waals surface area contributed by atoms with Gasteiger partial charge in [0, 0.05) is 0 Å². The summed E-state index contributed by atoms with van der Waals surface area (Å²) in [6.07, 6.45) is 5.30. The van der Waals surface area contributed by atoms with Gasteiger partial charge in [0.25, 0.3) is 0 Å². The molecule has 118 valence electrons. The van der Waals surface area contributed by atoms with Gasteiger partial charge in [-0.25, -0.2) is 0 Å². The fourth-order valence-corrected chi connectivity index (χ4v) is 3.04. The number of rotatable bonds is 6. The van der Waals surface area contributed by atoms with Gasteiger partial charge in [0.1, 0.15) is 6.61 Å². The first-order valence-corrected chi connectivity index (χ1v) is 8.03. The van der Waals surface area contributed by atoms with Gasteiger partial charge in [-0.3, -0.25) is 4.79 Å². The molecule has 1 aliphatic carbocycles. The van der Waals surface area contributed by atoms with Crippen LogP contribution in [0.1, 0.15) is 67.2 Å². The van der Waals surface area contributed by atoms with E-state index in [1.165, 1.54) is 25.7 Å². The lowest BCUT2D eigenvalue weighted by Crippen LogP contribution is -2.34. The van der Waals surface area contributed by atoms with Crippen molar-refractivity contribution in [3.05, 3.63) is 0 Å². The van der Waals surface area contributed by atoms with E-state index in [2.05, 4.69) is 20.8 Å². The second kappa shape index (κ2) is 7.44. The van der Waals surface area contributed by atoms with Crippen molar-refractivity contribution < 1.29 is 14.3 Å². The van der Waals surface area contributed by atoms with Crippen LogP contribution in [-0.2, 0) is 14.3 Å². The highest BCUT2D eigenvalue weighted by atomic mass is 16.6. The third-order valence-corrected chi connectivity index (χ3v) is 4.29. The van der Waals surface area contributed by atoms with Crippen molar-refractivity contribution in [1.82, 2.24) is 0 Å². The first-order chi connectivity index (χ1) is 9.21. The topological polar surface area (TPSA) is 35.5 Å². The van der Waals surface area contributed by atoms with Crippen LogP contribution >= 0.6 is 0 Å². The van der Waals surface area contributed by atoms with Crippen molar-refractivity contribution in [3.8, 4) is 0 Å². The molecule has 0 N–H and O–H groups in total. The molecule has 3 heteroatoms. The highest BCUT2D eigenvalue weighted by Crippen LogP contribution is 2.40. The molecule has 1 saturated carbocycles. The molecular weight excluding hydrogens is 252 g/mol. The van der Waals surface area contributed by atoms with Gasteiger partial charge in [-0.15, -0.1) is 0 Å². The molecule has 0 aliphatic heterocycles. The van der Waals surface area contributed by atoms with Crippen LogP contribution in [0.2, 0.25) is 0 Å². The molecule has 1 fully saturated rings. The van der Waals surface area contributed by atoms with Gasteiger partial charge >= 0.3 is 5.97 Å². The third-order valence-electron chi connectivity index (χ3n) is 4.29. The molecule has 0 aromatic heterocycles. The molecule has 0 bridgehead atoms. The van der Waals surface area contributed by atoms with Crippen LogP contribution in [0.15, 0.2) is 0 Å². The number of carbonyl (C=O) groups excluding carboxylic acids is 1. The van der Waals surface area contributed by atoms with Crippen LogP contribution in [-0.4, -0.2) is 24.8 Å². The van der Waals surface area contributed by atoms with E-state index in [1.807, 2.05) is 20.8 Å². The van der Waals surface area contributed by atoms with Crippen LogP contribution in [0.4, 0.5) is 0 Å². The SMILES string of the molecule is CC(COC(=O)C(C)C)OC(C)C1CCCC(C)(C)C1. The van der Waals surface area contributed by atoms with Gasteiger partial charge < -0.3 is 9.47 Å². The summed E-state index contributed by atoms with van der Waals surface area (Å²) >= 11 is 0. The summed E-state index contributed by atoms with van der Waals surface area (Å²) in [7, 11) is 0. The Labute approximate surface area is 124 Å². The molecule has 0 aromatic rings. The Balaban J connectivity index is 2.34. The molecule has 3 atom stereocenters. The van der Waals surface area contributed by atoms with Crippen molar-refractivity contribution in [1.29, 1.82) is 0 Å². The Morgan fingerprint density at radius 1 is 1.25 bits per heavy atom. The van der Waals surface area contributed by atoms with E-state index in [-0.39, 0.29) is 24.1 Å². The van der Waals surface area contributed by atoms with E-state index in [1.54, 1.807) is 0 Å². The Hall–Kier alpha value is -0.570. The largest absolute Gasteiger partial charge is 0.463 e. The molecule has 0 aromatic carbocycles. The van der Waals surface area contributed by atoms with Crippen molar-refractivity contribution in [3.63, 3.8) is 0 Å². The van der Waals surface area contributed by atoms with Gasteiger partial charge in [-0.1, -0.05) is 34.1 Å². The summed E-state index contributed by atoms with van der Waals surface area (Å²) in [6.45, 7) is 12.9. The molecule has 0 saturated heterocycles. The van der Waals surface area contributed by atoms with Gasteiger partial charge in [-0.2, -0.15) is 0 Å². The summed E-state index contributed by atoms with van der Waals surface area (Å²) in [5.74, 6) is 0.410. The first kappa shape index (κ1) is 17.5. The Morgan fingerprint density at radius 2 is 1.90 bits per heavy atom. The highest BCUT2D eigenvalue weighted by Gasteiger charge is 2.32. The van der Waals surface area contributed by atoms with Crippen molar-refractivity contribution in [2.75, 3.05) is 6.61 Å². The zero-order chi connectivity index (χ0) is 15.3. The van der Waals surface area contributed by atoms with E-state index in [4.69, 9.17) is 9.47 Å². The Bertz CT molecular complexity index is 309. The van der Waals surface area contributed by atoms with Crippen LogP contribution in [0.25, 0.3) is 0 Å². The molecule has 3 nitrogen and oxygen atoms in total. The normalized spacial score (nSPS) is 25.2. The number of esters is 1. The molecule has 0 spiro atoms. The second-order valence-electron chi connectivity index (χ2n) is 7.46. The Morgan fingerprint density at radius 3 is 2.45 bits per heavy atom. The molecule has 0 heterocycles. The van der Waals surface area contributed by atoms with Gasteiger partial charge in [0.05, 0.1) is 18.1 Å². The molecule has 0 amide bonds. The monoisotopic (exact) mass is 284 g/mol. The quantitative estimate of drug-likeness (QED) is 0.686. The second-order valence-corrected chi connectivity index (χ2v) is 7.46.